The number of nitrogens with one attached hydrogen (secondary N) is 2. The third-order valence-electron chi connectivity index (χ3n) is 2.84. The number of hydrogen-bond acceptors (Lipinski definition) is 8. The van der Waals surface area contributed by atoms with Crippen molar-refractivity contribution in [3.8, 4) is 0 Å². The summed E-state index contributed by atoms with van der Waals surface area (Å²) >= 11 is 0. The molecule has 8 heteroatoms. The van der Waals surface area contributed by atoms with Crippen molar-refractivity contribution in [2.75, 3.05) is 48.8 Å². The molecular weight excluding hydrogens is 272 g/mol. The van der Waals surface area contributed by atoms with Crippen LogP contribution < -0.4 is 15.5 Å². The van der Waals surface area contributed by atoms with Gasteiger partial charge in [0.15, 0.2) is 0 Å². The molecular formula is C13H24N6O2. The van der Waals surface area contributed by atoms with Gasteiger partial charge < -0.3 is 20.3 Å². The zero-order valence-electron chi connectivity index (χ0n) is 13.1. The molecule has 1 aromatic heterocycles. The Bertz CT molecular complexity index is 450. The van der Waals surface area contributed by atoms with Crippen molar-refractivity contribution in [1.82, 2.24) is 15.0 Å². The van der Waals surface area contributed by atoms with Crippen LogP contribution in [0.3, 0.4) is 0 Å². The number of hydrogen-bond donors (Lipinski definition) is 2. The van der Waals surface area contributed by atoms with Gasteiger partial charge in [0.25, 0.3) is 0 Å². The SMILES string of the molecule is CCNc1nc(NCCC(=O)OC)nc(N(CC)CC)n1. The normalized spacial score (nSPS) is 10.1. The quantitative estimate of drug-likeness (QED) is 0.655. The van der Waals surface area contributed by atoms with Gasteiger partial charge in [-0.3, -0.25) is 4.79 Å². The van der Waals surface area contributed by atoms with Gasteiger partial charge in [-0.05, 0) is 20.8 Å². The monoisotopic (exact) mass is 296 g/mol. The van der Waals surface area contributed by atoms with E-state index >= 15 is 0 Å². The van der Waals surface area contributed by atoms with Crippen LogP contribution in [-0.4, -0.2) is 54.2 Å². The summed E-state index contributed by atoms with van der Waals surface area (Å²) in [6.45, 7) is 8.84. The lowest BCUT2D eigenvalue weighted by molar-refractivity contribution is -0.140. The van der Waals surface area contributed by atoms with Crippen molar-refractivity contribution in [3.05, 3.63) is 0 Å². The summed E-state index contributed by atoms with van der Waals surface area (Å²) in [5, 5.41) is 6.10. The molecule has 8 nitrogen and oxygen atoms in total. The lowest BCUT2D eigenvalue weighted by atomic mass is 10.4. The van der Waals surface area contributed by atoms with Crippen molar-refractivity contribution in [1.29, 1.82) is 0 Å². The number of aromatic nitrogens is 3. The Labute approximate surface area is 125 Å². The highest BCUT2D eigenvalue weighted by molar-refractivity contribution is 5.69. The van der Waals surface area contributed by atoms with E-state index in [4.69, 9.17) is 0 Å². The molecule has 0 amide bonds. The number of methoxy groups -OCH3 is 1. The summed E-state index contributed by atoms with van der Waals surface area (Å²) in [5.41, 5.74) is 0. The lowest BCUT2D eigenvalue weighted by Crippen LogP contribution is -2.25. The van der Waals surface area contributed by atoms with E-state index in [1.54, 1.807) is 0 Å². The summed E-state index contributed by atoms with van der Waals surface area (Å²) in [5.74, 6) is 1.32. The molecule has 118 valence electrons. The number of rotatable bonds is 9. The Balaban J connectivity index is 2.83. The molecule has 0 bridgehead atoms. The van der Waals surface area contributed by atoms with Gasteiger partial charge in [-0.2, -0.15) is 15.0 Å². The molecule has 1 rings (SSSR count). The van der Waals surface area contributed by atoms with Crippen molar-refractivity contribution < 1.29 is 9.53 Å². The fourth-order valence-corrected chi connectivity index (χ4v) is 1.71. The van der Waals surface area contributed by atoms with Crippen molar-refractivity contribution in [2.45, 2.75) is 27.2 Å². The number of nitrogens with zero attached hydrogens (tertiary/aromatic N) is 4. The van der Waals surface area contributed by atoms with E-state index in [9.17, 15) is 4.79 Å². The average molecular weight is 296 g/mol. The fourth-order valence-electron chi connectivity index (χ4n) is 1.71. The van der Waals surface area contributed by atoms with Crippen LogP contribution in [0, 0.1) is 0 Å². The molecule has 2 N–H and O–H groups in total. The van der Waals surface area contributed by atoms with E-state index in [0.29, 0.717) is 24.4 Å². The molecule has 1 heterocycles. The maximum Gasteiger partial charge on any atom is 0.307 e. The van der Waals surface area contributed by atoms with E-state index in [1.165, 1.54) is 7.11 Å². The minimum Gasteiger partial charge on any atom is -0.469 e. The van der Waals surface area contributed by atoms with Crippen molar-refractivity contribution in [2.24, 2.45) is 0 Å². The van der Waals surface area contributed by atoms with E-state index < -0.39 is 0 Å². The number of anilines is 3. The Hall–Kier alpha value is -2.12. The highest BCUT2D eigenvalue weighted by Gasteiger charge is 2.11. The van der Waals surface area contributed by atoms with E-state index in [2.05, 4.69) is 30.3 Å². The lowest BCUT2D eigenvalue weighted by Gasteiger charge is -2.19. The smallest absolute Gasteiger partial charge is 0.307 e. The Morgan fingerprint density at radius 2 is 1.71 bits per heavy atom. The summed E-state index contributed by atoms with van der Waals surface area (Å²) in [7, 11) is 1.37. The van der Waals surface area contributed by atoms with Gasteiger partial charge in [0.05, 0.1) is 13.5 Å². The van der Waals surface area contributed by atoms with E-state index in [-0.39, 0.29) is 12.4 Å². The fraction of sp³-hybridized carbons (Fsp3) is 0.692. The first-order valence-electron chi connectivity index (χ1n) is 7.20. The number of carbonyl (C=O) groups excluding carboxylic acids is 1. The molecule has 1 aromatic rings. The Morgan fingerprint density at radius 3 is 2.24 bits per heavy atom. The van der Waals surface area contributed by atoms with Crippen LogP contribution >= 0.6 is 0 Å². The van der Waals surface area contributed by atoms with Crippen LogP contribution in [0.25, 0.3) is 0 Å². The van der Waals surface area contributed by atoms with Crippen LogP contribution in [0.15, 0.2) is 0 Å². The standard InChI is InChI=1S/C13H24N6O2/c1-5-14-11-16-12(15-9-8-10(20)21-4)18-13(17-11)19(6-2)7-3/h5-9H2,1-4H3,(H2,14,15,16,17,18). The van der Waals surface area contributed by atoms with Gasteiger partial charge in [0, 0.05) is 26.2 Å². The highest BCUT2D eigenvalue weighted by Crippen LogP contribution is 2.13. The first-order chi connectivity index (χ1) is 10.1. The molecule has 0 aromatic carbocycles. The van der Waals surface area contributed by atoms with Crippen LogP contribution in [0.5, 0.6) is 0 Å². The molecule has 0 atom stereocenters. The molecule has 0 saturated heterocycles. The number of carbonyl (C=O) groups is 1. The van der Waals surface area contributed by atoms with Gasteiger partial charge in [-0.1, -0.05) is 0 Å². The predicted octanol–water partition coefficient (Wildman–Crippen LogP) is 1.12. The molecule has 0 aliphatic rings. The van der Waals surface area contributed by atoms with E-state index in [1.807, 2.05) is 25.7 Å². The second-order valence-electron chi connectivity index (χ2n) is 4.24. The summed E-state index contributed by atoms with van der Waals surface area (Å²) in [6, 6.07) is 0. The summed E-state index contributed by atoms with van der Waals surface area (Å²) in [4.78, 5) is 26.2. The third kappa shape index (κ3) is 5.41. The molecule has 0 spiro atoms. The van der Waals surface area contributed by atoms with Crippen LogP contribution in [0.4, 0.5) is 17.8 Å². The number of ether oxygens (including phenoxy) is 1. The van der Waals surface area contributed by atoms with Crippen molar-refractivity contribution >= 4 is 23.8 Å². The highest BCUT2D eigenvalue weighted by atomic mass is 16.5. The first-order valence-corrected chi connectivity index (χ1v) is 7.20. The zero-order chi connectivity index (χ0) is 15.7. The van der Waals surface area contributed by atoms with Gasteiger partial charge in [-0.25, -0.2) is 0 Å². The minimum atomic E-state index is -0.271. The summed E-state index contributed by atoms with van der Waals surface area (Å²) < 4.78 is 4.59. The van der Waals surface area contributed by atoms with Crippen molar-refractivity contribution in [3.63, 3.8) is 0 Å². The van der Waals surface area contributed by atoms with Crippen LogP contribution in [0.1, 0.15) is 27.2 Å². The zero-order valence-corrected chi connectivity index (χ0v) is 13.1. The van der Waals surface area contributed by atoms with Gasteiger partial charge in [0.1, 0.15) is 0 Å². The molecule has 0 aliphatic carbocycles. The molecule has 0 radical (unpaired) electrons. The molecule has 0 saturated carbocycles. The average Bonchev–Trinajstić information content (AvgIpc) is 2.48. The Morgan fingerprint density at radius 1 is 1.10 bits per heavy atom. The van der Waals surface area contributed by atoms with Gasteiger partial charge >= 0.3 is 5.97 Å². The third-order valence-corrected chi connectivity index (χ3v) is 2.84. The maximum atomic E-state index is 11.1. The predicted molar refractivity (Wildman–Crippen MR) is 82.7 cm³/mol. The van der Waals surface area contributed by atoms with Gasteiger partial charge in [-0.15, -0.1) is 0 Å². The van der Waals surface area contributed by atoms with Gasteiger partial charge in [0.2, 0.25) is 17.8 Å². The van der Waals surface area contributed by atoms with Crippen LogP contribution in [0.2, 0.25) is 0 Å². The Kier molecular flexibility index (Phi) is 7.20. The number of esters is 1. The molecule has 21 heavy (non-hydrogen) atoms. The van der Waals surface area contributed by atoms with E-state index in [0.717, 1.165) is 19.6 Å². The summed E-state index contributed by atoms with van der Waals surface area (Å²) in [6.07, 6.45) is 0.263. The maximum absolute atomic E-state index is 11.1. The molecule has 0 fully saturated rings. The first kappa shape index (κ1) is 16.9. The molecule has 0 unspecified atom stereocenters. The van der Waals surface area contributed by atoms with Crippen LogP contribution in [-0.2, 0) is 9.53 Å². The largest absolute Gasteiger partial charge is 0.469 e. The minimum absolute atomic E-state index is 0.263. The second-order valence-corrected chi connectivity index (χ2v) is 4.24. The molecule has 0 aliphatic heterocycles. The second kappa shape index (κ2) is 8.93. The topological polar surface area (TPSA) is 92.3 Å².